The van der Waals surface area contributed by atoms with Crippen LogP contribution < -0.4 is 4.31 Å². The summed E-state index contributed by atoms with van der Waals surface area (Å²) in [4.78, 5) is 10.7. The lowest BCUT2D eigenvalue weighted by Gasteiger charge is -2.25. The van der Waals surface area contributed by atoms with E-state index in [1.165, 1.54) is 18.2 Å². The highest BCUT2D eigenvalue weighted by atomic mass is 35.5. The van der Waals surface area contributed by atoms with Gasteiger partial charge in [-0.1, -0.05) is 23.2 Å². The van der Waals surface area contributed by atoms with E-state index in [4.69, 9.17) is 28.3 Å². The van der Waals surface area contributed by atoms with Gasteiger partial charge in [0.05, 0.1) is 22.0 Å². The Balaban J connectivity index is 2.52. The summed E-state index contributed by atoms with van der Waals surface area (Å²) in [5, 5.41) is 9.23. The minimum atomic E-state index is -4.13. The van der Waals surface area contributed by atoms with Gasteiger partial charge >= 0.3 is 5.97 Å². The molecule has 0 aliphatic heterocycles. The molecule has 24 heavy (non-hydrogen) atoms. The van der Waals surface area contributed by atoms with Crippen LogP contribution in [0.2, 0.25) is 10.0 Å². The fourth-order valence-corrected chi connectivity index (χ4v) is 4.03. The highest BCUT2D eigenvalue weighted by Crippen LogP contribution is 2.32. The van der Waals surface area contributed by atoms with E-state index in [0.717, 1.165) is 28.6 Å². The standard InChI is InChI=1S/C15H12Cl2FNO4S/c16-10-1-6-14(13(17)9-10)19(8-7-15(20)21)24(22,23)12-4-2-11(18)3-5-12/h1-6,9H,7-8H2,(H,20,21). The van der Waals surface area contributed by atoms with Gasteiger partial charge in [0, 0.05) is 11.6 Å². The normalized spacial score (nSPS) is 11.3. The molecule has 0 spiro atoms. The van der Waals surface area contributed by atoms with Crippen molar-refractivity contribution in [2.45, 2.75) is 11.3 Å². The van der Waals surface area contributed by atoms with Gasteiger partial charge in [-0.3, -0.25) is 9.10 Å². The van der Waals surface area contributed by atoms with Crippen molar-refractivity contribution in [3.8, 4) is 0 Å². The molecule has 0 atom stereocenters. The Bertz CT molecular complexity index is 856. The molecule has 0 saturated heterocycles. The van der Waals surface area contributed by atoms with Crippen LogP contribution in [-0.2, 0) is 14.8 Å². The second kappa shape index (κ2) is 7.38. The molecular weight excluding hydrogens is 380 g/mol. The van der Waals surface area contributed by atoms with E-state index in [9.17, 15) is 17.6 Å². The first kappa shape index (κ1) is 18.5. The Morgan fingerprint density at radius 3 is 2.29 bits per heavy atom. The highest BCUT2D eigenvalue weighted by molar-refractivity contribution is 7.92. The van der Waals surface area contributed by atoms with Crippen LogP contribution in [0.5, 0.6) is 0 Å². The van der Waals surface area contributed by atoms with Gasteiger partial charge in [0.1, 0.15) is 5.82 Å². The van der Waals surface area contributed by atoms with Crippen LogP contribution in [-0.4, -0.2) is 26.0 Å². The molecule has 0 amide bonds. The zero-order chi connectivity index (χ0) is 17.9. The predicted octanol–water partition coefficient (Wildman–Crippen LogP) is 3.80. The molecular formula is C15H12Cl2FNO4S. The minimum Gasteiger partial charge on any atom is -0.481 e. The van der Waals surface area contributed by atoms with Crippen molar-refractivity contribution in [1.29, 1.82) is 0 Å². The number of carbonyl (C=O) groups is 1. The molecule has 1 N–H and O–H groups in total. The summed E-state index contributed by atoms with van der Waals surface area (Å²) in [6.45, 7) is -0.337. The molecule has 5 nitrogen and oxygen atoms in total. The summed E-state index contributed by atoms with van der Waals surface area (Å²) in [6, 6.07) is 8.39. The van der Waals surface area contributed by atoms with Crippen molar-refractivity contribution in [2.24, 2.45) is 0 Å². The molecule has 0 aliphatic rings. The van der Waals surface area contributed by atoms with Gasteiger partial charge in [0.25, 0.3) is 10.0 Å². The third kappa shape index (κ3) is 4.17. The van der Waals surface area contributed by atoms with Crippen LogP contribution in [0, 0.1) is 5.82 Å². The third-order valence-corrected chi connectivity index (χ3v) is 5.47. The predicted molar refractivity (Wildman–Crippen MR) is 89.6 cm³/mol. The summed E-state index contributed by atoms with van der Waals surface area (Å²) in [5.41, 5.74) is 0.0895. The number of hydrogen-bond donors (Lipinski definition) is 1. The van der Waals surface area contributed by atoms with Crippen LogP contribution in [0.1, 0.15) is 6.42 Å². The molecule has 0 radical (unpaired) electrons. The number of aliphatic carboxylic acids is 1. The van der Waals surface area contributed by atoms with Crippen LogP contribution in [0.15, 0.2) is 47.4 Å². The number of carboxylic acids is 1. The number of anilines is 1. The fraction of sp³-hybridized carbons (Fsp3) is 0.133. The molecule has 2 aromatic rings. The monoisotopic (exact) mass is 391 g/mol. The van der Waals surface area contributed by atoms with Crippen LogP contribution in [0.3, 0.4) is 0 Å². The van der Waals surface area contributed by atoms with E-state index in [2.05, 4.69) is 0 Å². The van der Waals surface area contributed by atoms with Crippen LogP contribution >= 0.6 is 23.2 Å². The number of carboxylic acid groups (broad SMARTS) is 1. The van der Waals surface area contributed by atoms with Gasteiger partial charge in [-0.05, 0) is 42.5 Å². The maximum absolute atomic E-state index is 13.0. The fourth-order valence-electron chi connectivity index (χ4n) is 1.98. The van der Waals surface area contributed by atoms with Crippen molar-refractivity contribution < 1.29 is 22.7 Å². The van der Waals surface area contributed by atoms with Gasteiger partial charge in [-0.2, -0.15) is 0 Å². The number of sulfonamides is 1. The minimum absolute atomic E-state index is 0.0542. The largest absolute Gasteiger partial charge is 0.481 e. The van der Waals surface area contributed by atoms with E-state index in [-0.39, 0.29) is 22.2 Å². The maximum atomic E-state index is 13.0. The Hall–Kier alpha value is -1.83. The zero-order valence-corrected chi connectivity index (χ0v) is 14.4. The molecule has 0 unspecified atom stereocenters. The summed E-state index contributed by atoms with van der Waals surface area (Å²) in [7, 11) is -4.13. The summed E-state index contributed by atoms with van der Waals surface area (Å²) >= 11 is 11.9. The molecule has 0 aromatic heterocycles. The Morgan fingerprint density at radius 2 is 1.75 bits per heavy atom. The van der Waals surface area contributed by atoms with Crippen LogP contribution in [0.4, 0.5) is 10.1 Å². The molecule has 9 heteroatoms. The molecule has 2 aromatic carbocycles. The van der Waals surface area contributed by atoms with Crippen molar-refractivity contribution in [3.05, 3.63) is 58.3 Å². The quantitative estimate of drug-likeness (QED) is 0.812. The first-order valence-electron chi connectivity index (χ1n) is 6.67. The number of nitrogens with zero attached hydrogens (tertiary/aromatic N) is 1. The number of halogens is 3. The lowest BCUT2D eigenvalue weighted by atomic mass is 10.3. The Kier molecular flexibility index (Phi) is 5.69. The Morgan fingerprint density at radius 1 is 1.12 bits per heavy atom. The number of benzene rings is 2. The van der Waals surface area contributed by atoms with Gasteiger partial charge < -0.3 is 5.11 Å². The Labute approximate surface area is 148 Å². The second-order valence-electron chi connectivity index (χ2n) is 4.77. The van der Waals surface area contributed by atoms with E-state index < -0.39 is 28.2 Å². The van der Waals surface area contributed by atoms with Gasteiger partial charge in [0.15, 0.2) is 0 Å². The molecule has 0 aliphatic carbocycles. The van der Waals surface area contributed by atoms with Crippen molar-refractivity contribution in [1.82, 2.24) is 0 Å². The van der Waals surface area contributed by atoms with Crippen LogP contribution in [0.25, 0.3) is 0 Å². The number of rotatable bonds is 6. The highest BCUT2D eigenvalue weighted by Gasteiger charge is 2.27. The molecule has 0 bridgehead atoms. The average molecular weight is 392 g/mol. The van der Waals surface area contributed by atoms with Gasteiger partial charge in [-0.15, -0.1) is 0 Å². The van der Waals surface area contributed by atoms with Crippen molar-refractivity contribution in [2.75, 3.05) is 10.8 Å². The molecule has 128 valence electrons. The van der Waals surface area contributed by atoms with E-state index in [1.54, 1.807) is 0 Å². The summed E-state index contributed by atoms with van der Waals surface area (Å²) in [6.07, 6.45) is -0.431. The molecule has 2 rings (SSSR count). The van der Waals surface area contributed by atoms with Gasteiger partial charge in [-0.25, -0.2) is 12.8 Å². The smallest absolute Gasteiger partial charge is 0.305 e. The van der Waals surface area contributed by atoms with Gasteiger partial charge in [0.2, 0.25) is 0 Å². The third-order valence-electron chi connectivity index (χ3n) is 3.11. The maximum Gasteiger partial charge on any atom is 0.305 e. The first-order valence-corrected chi connectivity index (χ1v) is 8.86. The number of hydrogen-bond acceptors (Lipinski definition) is 3. The molecule has 0 saturated carbocycles. The van der Waals surface area contributed by atoms with E-state index >= 15 is 0 Å². The molecule has 0 heterocycles. The van der Waals surface area contributed by atoms with E-state index in [0.29, 0.717) is 5.02 Å². The van der Waals surface area contributed by atoms with Crippen molar-refractivity contribution in [3.63, 3.8) is 0 Å². The zero-order valence-electron chi connectivity index (χ0n) is 12.1. The van der Waals surface area contributed by atoms with E-state index in [1.807, 2.05) is 0 Å². The lowest BCUT2D eigenvalue weighted by Crippen LogP contribution is -2.33. The first-order chi connectivity index (χ1) is 11.2. The summed E-state index contributed by atoms with van der Waals surface area (Å²) < 4.78 is 39.5. The SMILES string of the molecule is O=C(O)CCN(c1ccc(Cl)cc1Cl)S(=O)(=O)c1ccc(F)cc1. The second-order valence-corrected chi connectivity index (χ2v) is 7.48. The lowest BCUT2D eigenvalue weighted by molar-refractivity contribution is -0.136. The van der Waals surface area contributed by atoms with Crippen molar-refractivity contribution >= 4 is 44.9 Å². The summed E-state index contributed by atoms with van der Waals surface area (Å²) in [5.74, 6) is -1.75. The average Bonchev–Trinajstić information content (AvgIpc) is 2.49. The molecule has 0 fully saturated rings. The topological polar surface area (TPSA) is 74.7 Å².